The summed E-state index contributed by atoms with van der Waals surface area (Å²) in [6.45, 7) is 0. The molecule has 0 saturated heterocycles. The van der Waals surface area contributed by atoms with Gasteiger partial charge in [0.25, 0.3) is 0 Å². The second-order valence-electron chi connectivity index (χ2n) is 2.95. The van der Waals surface area contributed by atoms with Crippen molar-refractivity contribution in [3.63, 3.8) is 0 Å². The normalized spacial score (nSPS) is 19.4. The molecule has 4 nitrogen and oxygen atoms in total. The lowest BCUT2D eigenvalue weighted by Crippen LogP contribution is -2.34. The van der Waals surface area contributed by atoms with Crippen LogP contribution in [0.25, 0.3) is 0 Å². The molecule has 2 amide bonds. The molecule has 1 aliphatic heterocycles. The van der Waals surface area contributed by atoms with Crippen LogP contribution in [0, 0.1) is 0 Å². The van der Waals surface area contributed by atoms with Crippen molar-refractivity contribution >= 4 is 6.03 Å². The largest absolute Gasteiger partial charge is 0.383 e. The SMILES string of the molecule is NC(=O)N1OC=CC1c1ccccc1. The Morgan fingerprint density at radius 2 is 2.07 bits per heavy atom. The average molecular weight is 190 g/mol. The number of amides is 2. The number of hydrogen-bond donors (Lipinski definition) is 1. The van der Waals surface area contributed by atoms with Gasteiger partial charge in [0.1, 0.15) is 12.3 Å². The molecule has 0 aliphatic carbocycles. The number of carbonyl (C=O) groups excluding carboxylic acids is 1. The molecule has 14 heavy (non-hydrogen) atoms. The maximum absolute atomic E-state index is 11.0. The molecule has 1 atom stereocenters. The van der Waals surface area contributed by atoms with E-state index in [9.17, 15) is 4.79 Å². The Morgan fingerprint density at radius 3 is 2.71 bits per heavy atom. The molecule has 1 heterocycles. The van der Waals surface area contributed by atoms with Crippen LogP contribution in [0.4, 0.5) is 4.79 Å². The highest BCUT2D eigenvalue weighted by atomic mass is 16.7. The first kappa shape index (κ1) is 8.62. The van der Waals surface area contributed by atoms with Gasteiger partial charge in [0.15, 0.2) is 0 Å². The van der Waals surface area contributed by atoms with Crippen LogP contribution in [0.5, 0.6) is 0 Å². The Balaban J connectivity index is 2.26. The molecule has 0 spiro atoms. The van der Waals surface area contributed by atoms with Crippen LogP contribution in [-0.2, 0) is 4.84 Å². The van der Waals surface area contributed by atoms with Crippen molar-refractivity contribution in [2.24, 2.45) is 5.73 Å². The van der Waals surface area contributed by atoms with E-state index < -0.39 is 6.03 Å². The summed E-state index contributed by atoms with van der Waals surface area (Å²) in [7, 11) is 0. The summed E-state index contributed by atoms with van der Waals surface area (Å²) < 4.78 is 0. The molecule has 1 aromatic carbocycles. The van der Waals surface area contributed by atoms with E-state index in [-0.39, 0.29) is 6.04 Å². The van der Waals surface area contributed by atoms with Crippen LogP contribution >= 0.6 is 0 Å². The van der Waals surface area contributed by atoms with Crippen molar-refractivity contribution < 1.29 is 9.63 Å². The van der Waals surface area contributed by atoms with Crippen LogP contribution in [0.3, 0.4) is 0 Å². The van der Waals surface area contributed by atoms with E-state index in [1.54, 1.807) is 6.08 Å². The number of nitrogens with zero attached hydrogens (tertiary/aromatic N) is 1. The van der Waals surface area contributed by atoms with E-state index >= 15 is 0 Å². The Kier molecular flexibility index (Phi) is 2.10. The first-order valence-electron chi connectivity index (χ1n) is 4.26. The van der Waals surface area contributed by atoms with E-state index in [0.717, 1.165) is 10.6 Å². The summed E-state index contributed by atoms with van der Waals surface area (Å²) in [5.74, 6) is 0. The molecule has 0 saturated carbocycles. The Bertz CT molecular complexity index is 362. The van der Waals surface area contributed by atoms with Crippen molar-refractivity contribution in [2.75, 3.05) is 0 Å². The number of benzene rings is 1. The summed E-state index contributed by atoms with van der Waals surface area (Å²) in [5.41, 5.74) is 6.12. The van der Waals surface area contributed by atoms with Crippen molar-refractivity contribution in [1.29, 1.82) is 0 Å². The van der Waals surface area contributed by atoms with Gasteiger partial charge < -0.3 is 10.6 Å². The minimum absolute atomic E-state index is 0.214. The standard InChI is InChI=1S/C10H10N2O2/c11-10(13)12-9(6-7-14-12)8-4-2-1-3-5-8/h1-7,9H,(H2,11,13). The van der Waals surface area contributed by atoms with Gasteiger partial charge >= 0.3 is 6.03 Å². The van der Waals surface area contributed by atoms with E-state index in [1.165, 1.54) is 6.26 Å². The highest BCUT2D eigenvalue weighted by Crippen LogP contribution is 2.26. The summed E-state index contributed by atoms with van der Waals surface area (Å²) in [6, 6.07) is 8.75. The van der Waals surface area contributed by atoms with E-state index in [4.69, 9.17) is 10.6 Å². The molecule has 4 heteroatoms. The molecule has 0 fully saturated rings. The van der Waals surface area contributed by atoms with Crippen molar-refractivity contribution in [1.82, 2.24) is 5.06 Å². The van der Waals surface area contributed by atoms with Crippen LogP contribution in [0.15, 0.2) is 42.7 Å². The van der Waals surface area contributed by atoms with Crippen LogP contribution in [0.2, 0.25) is 0 Å². The predicted molar refractivity (Wildman–Crippen MR) is 50.8 cm³/mol. The third-order valence-electron chi connectivity index (χ3n) is 2.05. The fourth-order valence-electron chi connectivity index (χ4n) is 1.40. The average Bonchev–Trinajstić information content (AvgIpc) is 2.67. The van der Waals surface area contributed by atoms with Crippen LogP contribution < -0.4 is 5.73 Å². The van der Waals surface area contributed by atoms with Gasteiger partial charge in [-0.3, -0.25) is 0 Å². The second-order valence-corrected chi connectivity index (χ2v) is 2.95. The number of hydroxylamine groups is 2. The fraction of sp³-hybridized carbons (Fsp3) is 0.100. The van der Waals surface area contributed by atoms with Gasteiger partial charge in [-0.2, -0.15) is 0 Å². The molecule has 2 N–H and O–H groups in total. The van der Waals surface area contributed by atoms with Crippen molar-refractivity contribution in [2.45, 2.75) is 6.04 Å². The number of hydrogen-bond acceptors (Lipinski definition) is 2. The lowest BCUT2D eigenvalue weighted by Gasteiger charge is -2.20. The lowest BCUT2D eigenvalue weighted by atomic mass is 10.1. The Labute approximate surface area is 81.5 Å². The smallest absolute Gasteiger partial charge is 0.348 e. The van der Waals surface area contributed by atoms with E-state index in [1.807, 2.05) is 30.3 Å². The highest BCUT2D eigenvalue weighted by molar-refractivity contribution is 5.72. The summed E-state index contributed by atoms with van der Waals surface area (Å²) in [6.07, 6.45) is 3.24. The van der Waals surface area contributed by atoms with Crippen LogP contribution in [-0.4, -0.2) is 11.1 Å². The third kappa shape index (κ3) is 1.42. The van der Waals surface area contributed by atoms with Gasteiger partial charge in [0, 0.05) is 0 Å². The number of primary amides is 1. The zero-order chi connectivity index (χ0) is 9.97. The summed E-state index contributed by atoms with van der Waals surface area (Å²) >= 11 is 0. The molecule has 1 unspecified atom stereocenters. The number of carbonyl (C=O) groups is 1. The van der Waals surface area contributed by atoms with Gasteiger partial charge in [0.2, 0.25) is 0 Å². The van der Waals surface area contributed by atoms with Gasteiger partial charge in [-0.15, -0.1) is 5.06 Å². The quantitative estimate of drug-likeness (QED) is 0.730. The number of rotatable bonds is 1. The van der Waals surface area contributed by atoms with Gasteiger partial charge in [-0.25, -0.2) is 4.79 Å². The van der Waals surface area contributed by atoms with Crippen molar-refractivity contribution in [3.05, 3.63) is 48.2 Å². The molecular weight excluding hydrogens is 180 g/mol. The lowest BCUT2D eigenvalue weighted by molar-refractivity contribution is -0.0541. The first-order valence-corrected chi connectivity index (χ1v) is 4.26. The number of nitrogens with two attached hydrogens (primary N) is 1. The topological polar surface area (TPSA) is 55.6 Å². The monoisotopic (exact) mass is 190 g/mol. The Morgan fingerprint density at radius 1 is 1.36 bits per heavy atom. The number of urea groups is 1. The minimum Gasteiger partial charge on any atom is -0.383 e. The highest BCUT2D eigenvalue weighted by Gasteiger charge is 2.26. The second kappa shape index (κ2) is 3.41. The summed E-state index contributed by atoms with van der Waals surface area (Å²) in [4.78, 5) is 15.9. The van der Waals surface area contributed by atoms with Gasteiger partial charge in [0.05, 0.1) is 0 Å². The molecule has 2 rings (SSSR count). The van der Waals surface area contributed by atoms with Crippen molar-refractivity contribution in [3.8, 4) is 0 Å². The zero-order valence-electron chi connectivity index (χ0n) is 7.46. The Hall–Kier alpha value is -1.97. The van der Waals surface area contributed by atoms with Gasteiger partial charge in [-0.05, 0) is 11.6 Å². The molecule has 1 aromatic rings. The molecule has 1 aliphatic rings. The predicted octanol–water partition coefficient (Wildman–Crippen LogP) is 1.57. The van der Waals surface area contributed by atoms with E-state index in [0.29, 0.717) is 0 Å². The minimum atomic E-state index is -0.594. The molecular formula is C10H10N2O2. The molecule has 0 bridgehead atoms. The first-order chi connectivity index (χ1) is 6.79. The van der Waals surface area contributed by atoms with Gasteiger partial charge in [-0.1, -0.05) is 30.3 Å². The molecule has 0 radical (unpaired) electrons. The third-order valence-corrected chi connectivity index (χ3v) is 2.05. The van der Waals surface area contributed by atoms with Crippen LogP contribution in [0.1, 0.15) is 11.6 Å². The van der Waals surface area contributed by atoms with E-state index in [2.05, 4.69) is 0 Å². The summed E-state index contributed by atoms with van der Waals surface area (Å²) in [5, 5.41) is 1.13. The molecule has 0 aromatic heterocycles. The maximum Gasteiger partial charge on any atom is 0.348 e. The fourth-order valence-corrected chi connectivity index (χ4v) is 1.40. The zero-order valence-corrected chi connectivity index (χ0v) is 7.46. The molecule has 72 valence electrons. The maximum atomic E-state index is 11.0.